The van der Waals surface area contributed by atoms with E-state index in [1.807, 2.05) is 6.07 Å². The average molecular weight is 434 g/mol. The summed E-state index contributed by atoms with van der Waals surface area (Å²) in [6.45, 7) is -0.00659. The van der Waals surface area contributed by atoms with E-state index in [9.17, 15) is 18.0 Å². The molecule has 4 aromatic rings. The van der Waals surface area contributed by atoms with Gasteiger partial charge in [0.2, 0.25) is 0 Å². The van der Waals surface area contributed by atoms with E-state index >= 15 is 0 Å². The predicted molar refractivity (Wildman–Crippen MR) is 108 cm³/mol. The lowest BCUT2D eigenvalue weighted by molar-refractivity contribution is -0.136. The van der Waals surface area contributed by atoms with Crippen molar-refractivity contribution in [2.45, 2.75) is 12.8 Å². The number of nitrogens with two attached hydrogens (primary N) is 1. The van der Waals surface area contributed by atoms with Gasteiger partial charge in [-0.3, -0.25) is 0 Å². The Morgan fingerprint density at radius 1 is 1.14 bits per heavy atom. The molecule has 0 amide bonds. The number of carbonyl (C=O) groups excluding carboxylic acids is 1. The summed E-state index contributed by atoms with van der Waals surface area (Å²) >= 11 is 2.08. The SMILES string of the molecule is Nc1c(C(=O)OCc2ccccc2)sc2nc(-c3cccs3)cc(C(F)(F)F)c12. The first-order valence-electron chi connectivity index (χ1n) is 8.39. The molecule has 4 nitrogen and oxygen atoms in total. The van der Waals surface area contributed by atoms with Crippen LogP contribution < -0.4 is 5.73 Å². The summed E-state index contributed by atoms with van der Waals surface area (Å²) in [4.78, 5) is 17.4. The van der Waals surface area contributed by atoms with E-state index in [1.165, 1.54) is 11.3 Å². The van der Waals surface area contributed by atoms with Crippen LogP contribution in [0.25, 0.3) is 20.8 Å². The zero-order chi connectivity index (χ0) is 20.6. The number of hydrogen-bond donors (Lipinski definition) is 1. The molecule has 2 N–H and O–H groups in total. The Bertz CT molecular complexity index is 1170. The van der Waals surface area contributed by atoms with Gasteiger partial charge in [-0.2, -0.15) is 13.2 Å². The molecule has 0 spiro atoms. The summed E-state index contributed by atoms with van der Waals surface area (Å²) in [7, 11) is 0. The van der Waals surface area contributed by atoms with Crippen LogP contribution in [0.3, 0.4) is 0 Å². The van der Waals surface area contributed by atoms with Crippen molar-refractivity contribution >= 4 is 44.5 Å². The van der Waals surface area contributed by atoms with Crippen LogP contribution in [0.4, 0.5) is 18.9 Å². The van der Waals surface area contributed by atoms with Crippen molar-refractivity contribution in [3.8, 4) is 10.6 Å². The molecule has 9 heteroatoms. The molecule has 0 unspecified atom stereocenters. The van der Waals surface area contributed by atoms with E-state index in [0.717, 1.165) is 23.0 Å². The predicted octanol–water partition coefficient (Wildman–Crippen LogP) is 5.98. The number of benzene rings is 1. The third kappa shape index (κ3) is 3.83. The second-order valence-corrected chi connectivity index (χ2v) is 8.06. The summed E-state index contributed by atoms with van der Waals surface area (Å²) in [5.41, 5.74) is 5.71. The monoisotopic (exact) mass is 434 g/mol. The number of halogens is 3. The second-order valence-electron chi connectivity index (χ2n) is 6.12. The van der Waals surface area contributed by atoms with Gasteiger partial charge in [0.15, 0.2) is 0 Å². The highest BCUT2D eigenvalue weighted by atomic mass is 32.1. The summed E-state index contributed by atoms with van der Waals surface area (Å²) in [6.07, 6.45) is -4.65. The van der Waals surface area contributed by atoms with Gasteiger partial charge in [0.1, 0.15) is 16.3 Å². The Kier molecular flexibility index (Phi) is 5.01. The third-order valence-electron chi connectivity index (χ3n) is 4.18. The Morgan fingerprint density at radius 2 is 1.90 bits per heavy atom. The standard InChI is InChI=1S/C20H13F3N2O2S2/c21-20(22,23)12-9-13(14-7-4-8-28-14)25-18-15(12)16(24)17(29-18)19(26)27-10-11-5-2-1-3-6-11/h1-9H,10,24H2. The van der Waals surface area contributed by atoms with Crippen molar-refractivity contribution in [1.29, 1.82) is 0 Å². The van der Waals surface area contributed by atoms with Gasteiger partial charge in [-0.25, -0.2) is 9.78 Å². The summed E-state index contributed by atoms with van der Waals surface area (Å²) in [5, 5.41) is 1.48. The molecule has 0 fully saturated rings. The van der Waals surface area contributed by atoms with E-state index in [-0.39, 0.29) is 33.1 Å². The van der Waals surface area contributed by atoms with Crippen LogP contribution >= 0.6 is 22.7 Å². The Morgan fingerprint density at radius 3 is 2.55 bits per heavy atom. The fourth-order valence-electron chi connectivity index (χ4n) is 2.84. The summed E-state index contributed by atoms with van der Waals surface area (Å²) < 4.78 is 46.4. The molecule has 29 heavy (non-hydrogen) atoms. The molecule has 0 atom stereocenters. The number of aromatic nitrogens is 1. The number of hydrogen-bond acceptors (Lipinski definition) is 6. The number of carbonyl (C=O) groups is 1. The molecule has 4 rings (SSSR count). The van der Waals surface area contributed by atoms with E-state index in [2.05, 4.69) is 4.98 Å². The maximum atomic E-state index is 13.7. The highest BCUT2D eigenvalue weighted by Crippen LogP contribution is 2.44. The molecule has 0 aliphatic heterocycles. The van der Waals surface area contributed by atoms with Crippen molar-refractivity contribution in [2.24, 2.45) is 0 Å². The number of rotatable bonds is 4. The number of pyridine rings is 1. The Hall–Kier alpha value is -2.91. The molecule has 0 aliphatic carbocycles. The number of fused-ring (bicyclic) bond motifs is 1. The minimum atomic E-state index is -4.65. The maximum absolute atomic E-state index is 13.7. The number of anilines is 1. The number of nitrogen functional groups attached to an aromatic ring is 1. The summed E-state index contributed by atoms with van der Waals surface area (Å²) in [5.74, 6) is -0.778. The molecule has 0 saturated carbocycles. The maximum Gasteiger partial charge on any atom is 0.417 e. The van der Waals surface area contributed by atoms with Crippen molar-refractivity contribution in [3.63, 3.8) is 0 Å². The van der Waals surface area contributed by atoms with Crippen LogP contribution in [0, 0.1) is 0 Å². The Labute approximate surface area is 171 Å². The normalized spacial score (nSPS) is 11.7. The van der Waals surface area contributed by atoms with Gasteiger partial charge in [-0.15, -0.1) is 22.7 Å². The molecular formula is C20H13F3N2O2S2. The van der Waals surface area contributed by atoms with Gasteiger partial charge in [0.05, 0.1) is 21.8 Å². The largest absolute Gasteiger partial charge is 0.457 e. The first-order valence-corrected chi connectivity index (χ1v) is 10.1. The van der Waals surface area contributed by atoms with Crippen molar-refractivity contribution in [1.82, 2.24) is 4.98 Å². The molecule has 0 radical (unpaired) electrons. The summed E-state index contributed by atoms with van der Waals surface area (Å²) in [6, 6.07) is 13.3. The number of thiophene rings is 2. The average Bonchev–Trinajstić information content (AvgIpc) is 3.34. The van der Waals surface area contributed by atoms with Gasteiger partial charge in [-0.1, -0.05) is 36.4 Å². The highest BCUT2D eigenvalue weighted by molar-refractivity contribution is 7.21. The van der Waals surface area contributed by atoms with Crippen LogP contribution in [0.2, 0.25) is 0 Å². The van der Waals surface area contributed by atoms with Crippen molar-refractivity contribution in [2.75, 3.05) is 5.73 Å². The van der Waals surface area contributed by atoms with Crippen LogP contribution in [0.15, 0.2) is 53.9 Å². The molecule has 3 heterocycles. The molecule has 148 valence electrons. The lowest BCUT2D eigenvalue weighted by Crippen LogP contribution is -2.09. The molecular weight excluding hydrogens is 421 g/mol. The molecule has 0 saturated heterocycles. The van der Waals surface area contributed by atoms with Crippen molar-refractivity contribution < 1.29 is 22.7 Å². The first kappa shape index (κ1) is 19.4. The van der Waals surface area contributed by atoms with Crippen LogP contribution in [0.1, 0.15) is 20.8 Å². The van der Waals surface area contributed by atoms with Gasteiger partial charge in [0.25, 0.3) is 0 Å². The quantitative estimate of drug-likeness (QED) is 0.401. The smallest absolute Gasteiger partial charge is 0.417 e. The van der Waals surface area contributed by atoms with Crippen molar-refractivity contribution in [3.05, 3.63) is 69.9 Å². The van der Waals surface area contributed by atoms with E-state index < -0.39 is 17.7 Å². The fraction of sp³-hybridized carbons (Fsp3) is 0.100. The van der Waals surface area contributed by atoms with E-state index in [1.54, 1.807) is 41.8 Å². The molecule has 1 aromatic carbocycles. The first-order chi connectivity index (χ1) is 13.8. The van der Waals surface area contributed by atoms with Gasteiger partial charge in [0, 0.05) is 5.39 Å². The Balaban J connectivity index is 1.76. The lowest BCUT2D eigenvalue weighted by Gasteiger charge is -2.10. The van der Waals surface area contributed by atoms with Gasteiger partial charge in [-0.05, 0) is 23.1 Å². The van der Waals surface area contributed by atoms with E-state index in [4.69, 9.17) is 10.5 Å². The number of esters is 1. The van der Waals surface area contributed by atoms with Gasteiger partial charge < -0.3 is 10.5 Å². The third-order valence-corrected chi connectivity index (χ3v) is 6.15. The van der Waals surface area contributed by atoms with E-state index in [0.29, 0.717) is 4.88 Å². The molecule has 0 aliphatic rings. The number of ether oxygens (including phenoxy) is 1. The minimum Gasteiger partial charge on any atom is -0.457 e. The highest BCUT2D eigenvalue weighted by Gasteiger charge is 2.36. The topological polar surface area (TPSA) is 65.2 Å². The zero-order valence-electron chi connectivity index (χ0n) is 14.7. The zero-order valence-corrected chi connectivity index (χ0v) is 16.3. The van der Waals surface area contributed by atoms with Crippen LogP contribution in [0.5, 0.6) is 0 Å². The molecule has 3 aromatic heterocycles. The van der Waals surface area contributed by atoms with Crippen LogP contribution in [-0.4, -0.2) is 11.0 Å². The fourth-order valence-corrected chi connectivity index (χ4v) is 4.54. The lowest BCUT2D eigenvalue weighted by atomic mass is 10.1. The molecule has 0 bridgehead atoms. The second kappa shape index (κ2) is 7.49. The number of nitrogens with zero attached hydrogens (tertiary/aromatic N) is 1. The van der Waals surface area contributed by atoms with Crippen LogP contribution in [-0.2, 0) is 17.5 Å². The van der Waals surface area contributed by atoms with Gasteiger partial charge >= 0.3 is 12.1 Å². The number of alkyl halides is 3. The minimum absolute atomic E-state index is 0.00659.